The summed E-state index contributed by atoms with van der Waals surface area (Å²) in [7, 11) is 2.02. The summed E-state index contributed by atoms with van der Waals surface area (Å²) in [5.41, 5.74) is 6.43. The molecule has 0 saturated carbocycles. The topological polar surface area (TPSA) is 16.1 Å². The standard InChI is InChI=1S/C19H17ClN2/c1-13-11-17(15-7-5-4-6-8-15)19(22(3)14(13)2)16-9-10-21-12-18(16)20/h4-12H,2H2,1,3H3. The molecule has 0 unspecified atom stereocenters. The maximum atomic E-state index is 6.39. The first-order chi connectivity index (χ1) is 10.6. The molecule has 110 valence electrons. The number of hydrogen-bond acceptors (Lipinski definition) is 2. The Balaban J connectivity index is 2.31. The molecule has 2 nitrogen and oxygen atoms in total. The first kappa shape index (κ1) is 14.6. The highest BCUT2D eigenvalue weighted by molar-refractivity contribution is 6.32. The van der Waals surface area contributed by atoms with Gasteiger partial charge < -0.3 is 4.90 Å². The zero-order valence-corrected chi connectivity index (χ0v) is 13.4. The summed E-state index contributed by atoms with van der Waals surface area (Å²) in [4.78, 5) is 6.18. The molecule has 0 spiro atoms. The highest BCUT2D eigenvalue weighted by Crippen LogP contribution is 2.39. The number of likely N-dealkylation sites (N-methyl/N-ethyl adjacent to an activating group) is 1. The summed E-state index contributed by atoms with van der Waals surface area (Å²) in [6.45, 7) is 6.25. The maximum absolute atomic E-state index is 6.39. The third kappa shape index (κ3) is 2.46. The molecule has 3 heteroatoms. The average Bonchev–Trinajstić information content (AvgIpc) is 2.54. The van der Waals surface area contributed by atoms with Crippen molar-refractivity contribution in [3.8, 4) is 0 Å². The van der Waals surface area contributed by atoms with E-state index >= 15 is 0 Å². The zero-order valence-electron chi connectivity index (χ0n) is 12.7. The second-order valence-corrected chi connectivity index (χ2v) is 5.72. The molecule has 0 fully saturated rings. The molecular formula is C19H17ClN2. The van der Waals surface area contributed by atoms with Crippen molar-refractivity contribution in [1.29, 1.82) is 0 Å². The fourth-order valence-corrected chi connectivity index (χ4v) is 2.89. The smallest absolute Gasteiger partial charge is 0.0682 e. The number of rotatable bonds is 2. The Hall–Kier alpha value is -2.32. The Kier molecular flexibility index (Phi) is 3.86. The van der Waals surface area contributed by atoms with Gasteiger partial charge in [0.2, 0.25) is 0 Å². The Morgan fingerprint density at radius 2 is 1.86 bits per heavy atom. The van der Waals surface area contributed by atoms with Crippen LogP contribution in [0.25, 0.3) is 11.3 Å². The van der Waals surface area contributed by atoms with E-state index in [-0.39, 0.29) is 0 Å². The molecule has 0 N–H and O–H groups in total. The van der Waals surface area contributed by atoms with Crippen LogP contribution in [0.15, 0.2) is 72.7 Å². The van der Waals surface area contributed by atoms with E-state index < -0.39 is 0 Å². The first-order valence-electron chi connectivity index (χ1n) is 7.10. The molecule has 2 aromatic rings. The lowest BCUT2D eigenvalue weighted by molar-refractivity contribution is 0.606. The van der Waals surface area contributed by atoms with E-state index in [1.54, 1.807) is 12.4 Å². The van der Waals surface area contributed by atoms with Crippen LogP contribution in [0.4, 0.5) is 0 Å². The van der Waals surface area contributed by atoms with E-state index in [4.69, 9.17) is 11.6 Å². The molecule has 3 rings (SSSR count). The third-order valence-electron chi connectivity index (χ3n) is 3.92. The average molecular weight is 309 g/mol. The molecule has 2 heterocycles. The van der Waals surface area contributed by atoms with E-state index in [2.05, 4.69) is 41.6 Å². The van der Waals surface area contributed by atoms with E-state index in [1.807, 2.05) is 31.3 Å². The first-order valence-corrected chi connectivity index (χ1v) is 7.48. The van der Waals surface area contributed by atoms with Crippen molar-refractivity contribution in [2.24, 2.45) is 0 Å². The van der Waals surface area contributed by atoms with Crippen LogP contribution in [0.1, 0.15) is 18.1 Å². The van der Waals surface area contributed by atoms with Crippen LogP contribution >= 0.6 is 11.6 Å². The van der Waals surface area contributed by atoms with Crippen LogP contribution < -0.4 is 0 Å². The molecular weight excluding hydrogens is 292 g/mol. The van der Waals surface area contributed by atoms with Gasteiger partial charge in [-0.2, -0.15) is 0 Å². The Bertz CT molecular complexity index is 788. The van der Waals surface area contributed by atoms with Crippen LogP contribution in [0.5, 0.6) is 0 Å². The van der Waals surface area contributed by atoms with Gasteiger partial charge in [0.1, 0.15) is 0 Å². The van der Waals surface area contributed by atoms with Crippen LogP contribution in [0.2, 0.25) is 5.02 Å². The number of pyridine rings is 1. The van der Waals surface area contributed by atoms with Gasteiger partial charge in [-0.3, -0.25) is 4.98 Å². The summed E-state index contributed by atoms with van der Waals surface area (Å²) in [5, 5.41) is 0.638. The van der Waals surface area contributed by atoms with Gasteiger partial charge in [-0.05, 0) is 30.2 Å². The van der Waals surface area contributed by atoms with Gasteiger partial charge in [0.05, 0.1) is 10.7 Å². The second-order valence-electron chi connectivity index (χ2n) is 5.32. The van der Waals surface area contributed by atoms with Gasteiger partial charge >= 0.3 is 0 Å². The summed E-state index contributed by atoms with van der Waals surface area (Å²) in [6, 6.07) is 12.3. The quantitative estimate of drug-likeness (QED) is 0.775. The number of hydrogen-bond donors (Lipinski definition) is 0. The number of benzene rings is 1. The van der Waals surface area contributed by atoms with Crippen LogP contribution in [-0.2, 0) is 0 Å². The fourth-order valence-electron chi connectivity index (χ4n) is 2.68. The molecule has 0 radical (unpaired) electrons. The number of halogens is 1. The Morgan fingerprint density at radius 1 is 1.14 bits per heavy atom. The Morgan fingerprint density at radius 3 is 2.55 bits per heavy atom. The number of nitrogens with zero attached hydrogens (tertiary/aromatic N) is 2. The van der Waals surface area contributed by atoms with Gasteiger partial charge in [-0.25, -0.2) is 0 Å². The summed E-state index contributed by atoms with van der Waals surface area (Å²) in [5.74, 6) is 0. The predicted octanol–water partition coefficient (Wildman–Crippen LogP) is 5.01. The zero-order chi connectivity index (χ0) is 15.7. The van der Waals surface area contributed by atoms with E-state index in [1.165, 1.54) is 0 Å². The largest absolute Gasteiger partial charge is 0.344 e. The molecule has 1 aromatic carbocycles. The van der Waals surface area contributed by atoms with Gasteiger partial charge in [-0.15, -0.1) is 0 Å². The summed E-state index contributed by atoms with van der Waals surface area (Å²) < 4.78 is 0. The fraction of sp³-hybridized carbons (Fsp3) is 0.105. The van der Waals surface area contributed by atoms with Gasteiger partial charge in [0, 0.05) is 36.3 Å². The maximum Gasteiger partial charge on any atom is 0.0682 e. The van der Waals surface area contributed by atoms with Gasteiger partial charge in [0.25, 0.3) is 0 Å². The van der Waals surface area contributed by atoms with Crippen molar-refractivity contribution < 1.29 is 0 Å². The predicted molar refractivity (Wildman–Crippen MR) is 93.2 cm³/mol. The van der Waals surface area contributed by atoms with Crippen molar-refractivity contribution in [2.75, 3.05) is 7.05 Å². The van der Waals surface area contributed by atoms with E-state index in [0.717, 1.165) is 33.7 Å². The molecule has 0 atom stereocenters. The van der Waals surface area contributed by atoms with Gasteiger partial charge in [0.15, 0.2) is 0 Å². The molecule has 1 aliphatic rings. The minimum atomic E-state index is 0.638. The lowest BCUT2D eigenvalue weighted by Crippen LogP contribution is -2.21. The van der Waals surface area contributed by atoms with Crippen LogP contribution in [0.3, 0.4) is 0 Å². The lowest BCUT2D eigenvalue weighted by atomic mass is 9.93. The molecule has 0 aliphatic carbocycles. The van der Waals surface area contributed by atoms with Crippen molar-refractivity contribution >= 4 is 22.9 Å². The van der Waals surface area contributed by atoms with Gasteiger partial charge in [-0.1, -0.05) is 48.5 Å². The third-order valence-corrected chi connectivity index (χ3v) is 4.22. The van der Waals surface area contributed by atoms with Crippen LogP contribution in [-0.4, -0.2) is 16.9 Å². The highest BCUT2D eigenvalue weighted by Gasteiger charge is 2.23. The molecule has 0 amide bonds. The van der Waals surface area contributed by atoms with E-state index in [0.29, 0.717) is 5.02 Å². The highest BCUT2D eigenvalue weighted by atomic mass is 35.5. The second kappa shape index (κ2) is 5.82. The number of aromatic nitrogens is 1. The monoisotopic (exact) mass is 308 g/mol. The summed E-state index contributed by atoms with van der Waals surface area (Å²) in [6.07, 6.45) is 5.61. The van der Waals surface area contributed by atoms with E-state index in [9.17, 15) is 0 Å². The van der Waals surface area contributed by atoms with Crippen molar-refractivity contribution in [1.82, 2.24) is 9.88 Å². The van der Waals surface area contributed by atoms with Crippen molar-refractivity contribution in [3.63, 3.8) is 0 Å². The lowest BCUT2D eigenvalue weighted by Gasteiger charge is -2.32. The molecule has 0 saturated heterocycles. The summed E-state index contributed by atoms with van der Waals surface area (Å²) >= 11 is 6.39. The molecule has 1 aromatic heterocycles. The normalized spacial score (nSPS) is 15.1. The minimum absolute atomic E-state index is 0.638. The molecule has 1 aliphatic heterocycles. The SMILES string of the molecule is C=C1C(C)=CC(c2ccccc2)=C(c2ccncc2Cl)N1C. The van der Waals surface area contributed by atoms with Crippen molar-refractivity contribution in [2.45, 2.75) is 6.92 Å². The Labute approximate surface area is 136 Å². The number of allylic oxidation sites excluding steroid dienone is 3. The molecule has 22 heavy (non-hydrogen) atoms. The van der Waals surface area contributed by atoms with Crippen molar-refractivity contribution in [3.05, 3.63) is 88.9 Å². The van der Waals surface area contributed by atoms with Crippen LogP contribution in [0, 0.1) is 0 Å². The minimum Gasteiger partial charge on any atom is -0.344 e. The molecule has 0 bridgehead atoms.